The first-order valence-corrected chi connectivity index (χ1v) is 12.5. The molecule has 0 aliphatic rings. The van der Waals surface area contributed by atoms with Crippen molar-refractivity contribution in [3.8, 4) is 0 Å². The van der Waals surface area contributed by atoms with Crippen molar-refractivity contribution in [2.75, 3.05) is 6.61 Å². The van der Waals surface area contributed by atoms with Crippen LogP contribution in [-0.4, -0.2) is 23.7 Å². The van der Waals surface area contributed by atoms with E-state index in [9.17, 15) is 14.7 Å². The number of carbonyl (C=O) groups excluding carboxylic acids is 1. The van der Waals surface area contributed by atoms with E-state index in [2.05, 4.69) is 13.8 Å². The summed E-state index contributed by atoms with van der Waals surface area (Å²) in [6.45, 7) is 6.82. The van der Waals surface area contributed by atoms with Crippen LogP contribution >= 0.6 is 0 Å². The molecule has 4 heteroatoms. The van der Waals surface area contributed by atoms with E-state index in [4.69, 9.17) is 4.74 Å². The zero-order chi connectivity index (χ0) is 22.9. The van der Waals surface area contributed by atoms with E-state index in [-0.39, 0.29) is 11.1 Å². The molecule has 0 bridgehead atoms. The van der Waals surface area contributed by atoms with Crippen LogP contribution in [-0.2, 0) is 11.2 Å². The number of esters is 1. The van der Waals surface area contributed by atoms with Crippen molar-refractivity contribution in [1.82, 2.24) is 0 Å². The summed E-state index contributed by atoms with van der Waals surface area (Å²) in [6.07, 6.45) is 16.7. The van der Waals surface area contributed by atoms with Gasteiger partial charge in [0.2, 0.25) is 0 Å². The summed E-state index contributed by atoms with van der Waals surface area (Å²) in [5.41, 5.74) is 1.01. The molecule has 0 atom stereocenters. The topological polar surface area (TPSA) is 63.6 Å². The van der Waals surface area contributed by atoms with Gasteiger partial charge < -0.3 is 9.84 Å². The van der Waals surface area contributed by atoms with Crippen LogP contribution in [0.15, 0.2) is 18.2 Å². The Morgan fingerprint density at radius 2 is 1.42 bits per heavy atom. The van der Waals surface area contributed by atoms with Gasteiger partial charge in [0.1, 0.15) is 0 Å². The van der Waals surface area contributed by atoms with E-state index in [1.807, 2.05) is 13.0 Å². The minimum atomic E-state index is -1.05. The lowest BCUT2D eigenvalue weighted by Crippen LogP contribution is -2.14. The number of aryl methyl sites for hydroxylation is 1. The van der Waals surface area contributed by atoms with E-state index >= 15 is 0 Å². The number of carboxylic acids is 1. The largest absolute Gasteiger partial charge is 0.478 e. The second-order valence-corrected chi connectivity index (χ2v) is 9.10. The number of carbonyl (C=O) groups is 2. The van der Waals surface area contributed by atoms with Crippen LogP contribution in [0.5, 0.6) is 0 Å². The van der Waals surface area contributed by atoms with Gasteiger partial charge >= 0.3 is 11.9 Å². The van der Waals surface area contributed by atoms with Gasteiger partial charge in [-0.25, -0.2) is 9.59 Å². The van der Waals surface area contributed by atoms with Crippen LogP contribution in [0.1, 0.15) is 131 Å². The van der Waals surface area contributed by atoms with E-state index in [0.717, 1.165) is 24.3 Å². The Hall–Kier alpha value is -1.84. The summed E-state index contributed by atoms with van der Waals surface area (Å²) >= 11 is 0. The molecule has 0 radical (unpaired) electrons. The van der Waals surface area contributed by atoms with Crippen LogP contribution < -0.4 is 0 Å². The van der Waals surface area contributed by atoms with Gasteiger partial charge in [-0.15, -0.1) is 0 Å². The molecule has 0 aliphatic heterocycles. The second kappa shape index (κ2) is 16.8. The molecule has 0 spiro atoms. The highest BCUT2D eigenvalue weighted by molar-refractivity contribution is 6.03. The minimum absolute atomic E-state index is 0.108. The average Bonchev–Trinajstić information content (AvgIpc) is 2.74. The molecular weight excluding hydrogens is 388 g/mol. The van der Waals surface area contributed by atoms with E-state index in [1.54, 1.807) is 12.1 Å². The molecule has 1 N–H and O–H groups in total. The number of hydrogen-bond donors (Lipinski definition) is 1. The zero-order valence-corrected chi connectivity index (χ0v) is 20.1. The summed E-state index contributed by atoms with van der Waals surface area (Å²) in [4.78, 5) is 24.0. The van der Waals surface area contributed by atoms with Gasteiger partial charge in [-0.05, 0) is 36.8 Å². The fourth-order valence-electron chi connectivity index (χ4n) is 3.96. The Morgan fingerprint density at radius 1 is 0.871 bits per heavy atom. The first-order chi connectivity index (χ1) is 15.0. The van der Waals surface area contributed by atoms with E-state index in [0.29, 0.717) is 19.4 Å². The third-order valence-electron chi connectivity index (χ3n) is 5.75. The Labute approximate surface area is 189 Å². The van der Waals surface area contributed by atoms with Crippen molar-refractivity contribution < 1.29 is 19.4 Å². The Kier molecular flexibility index (Phi) is 14.7. The molecule has 0 unspecified atom stereocenters. The molecule has 31 heavy (non-hydrogen) atoms. The third kappa shape index (κ3) is 11.9. The maximum atomic E-state index is 12.2. The zero-order valence-electron chi connectivity index (χ0n) is 20.1. The lowest BCUT2D eigenvalue weighted by atomic mass is 9.96. The standard InChI is InChI=1S/C27H44O4/c1-4-21-31-27(30)24-20-16-19-23(25(24)26(28)29)18-15-13-11-9-7-5-6-8-10-12-14-17-22(2)3/h16,19-20,22H,4-15,17-18,21H2,1-3H3,(H,28,29). The summed E-state index contributed by atoms with van der Waals surface area (Å²) in [7, 11) is 0. The number of hydrogen-bond acceptors (Lipinski definition) is 3. The predicted molar refractivity (Wildman–Crippen MR) is 128 cm³/mol. The molecule has 4 nitrogen and oxygen atoms in total. The summed E-state index contributed by atoms with van der Waals surface area (Å²) < 4.78 is 5.15. The van der Waals surface area contributed by atoms with Crippen molar-refractivity contribution in [3.63, 3.8) is 0 Å². The second-order valence-electron chi connectivity index (χ2n) is 9.10. The minimum Gasteiger partial charge on any atom is -0.478 e. The number of aromatic carboxylic acids is 1. The Morgan fingerprint density at radius 3 is 1.94 bits per heavy atom. The van der Waals surface area contributed by atoms with Crippen molar-refractivity contribution in [2.45, 2.75) is 111 Å². The fraction of sp³-hybridized carbons (Fsp3) is 0.704. The SMILES string of the molecule is CCCOC(=O)c1cccc(CCCCCCCCCCCCCC(C)C)c1C(=O)O. The van der Waals surface area contributed by atoms with Crippen molar-refractivity contribution in [3.05, 3.63) is 34.9 Å². The van der Waals surface area contributed by atoms with Crippen LogP contribution in [0.3, 0.4) is 0 Å². The molecule has 0 saturated carbocycles. The normalized spacial score (nSPS) is 11.1. The summed E-state index contributed by atoms with van der Waals surface area (Å²) in [5, 5.41) is 9.63. The number of carboxylic acid groups (broad SMARTS) is 1. The molecule has 0 fully saturated rings. The molecule has 1 rings (SSSR count). The highest BCUT2D eigenvalue weighted by Gasteiger charge is 2.21. The molecule has 1 aromatic carbocycles. The molecule has 0 heterocycles. The van der Waals surface area contributed by atoms with Crippen LogP contribution in [0.4, 0.5) is 0 Å². The maximum absolute atomic E-state index is 12.2. The number of unbranched alkanes of at least 4 members (excludes halogenated alkanes) is 10. The predicted octanol–water partition coefficient (Wildman–Crippen LogP) is 7.83. The molecule has 0 saturated heterocycles. The molecule has 176 valence electrons. The monoisotopic (exact) mass is 432 g/mol. The first-order valence-electron chi connectivity index (χ1n) is 12.5. The highest BCUT2D eigenvalue weighted by atomic mass is 16.5. The molecule has 0 aromatic heterocycles. The number of rotatable bonds is 18. The fourth-order valence-corrected chi connectivity index (χ4v) is 3.96. The molecule has 0 amide bonds. The van der Waals surface area contributed by atoms with Crippen LogP contribution in [0.2, 0.25) is 0 Å². The molecule has 1 aromatic rings. The lowest BCUT2D eigenvalue weighted by molar-refractivity contribution is 0.0494. The van der Waals surface area contributed by atoms with Gasteiger partial charge in [0.05, 0.1) is 17.7 Å². The van der Waals surface area contributed by atoms with Gasteiger partial charge in [0, 0.05) is 0 Å². The van der Waals surface area contributed by atoms with Crippen molar-refractivity contribution >= 4 is 11.9 Å². The summed E-state index contributed by atoms with van der Waals surface area (Å²) in [6, 6.07) is 5.13. The van der Waals surface area contributed by atoms with Gasteiger partial charge in [0.15, 0.2) is 0 Å². The van der Waals surface area contributed by atoms with E-state index in [1.165, 1.54) is 64.2 Å². The third-order valence-corrected chi connectivity index (χ3v) is 5.75. The van der Waals surface area contributed by atoms with E-state index < -0.39 is 11.9 Å². The van der Waals surface area contributed by atoms with Crippen LogP contribution in [0.25, 0.3) is 0 Å². The Bertz CT molecular complexity index is 636. The van der Waals surface area contributed by atoms with Crippen LogP contribution in [0, 0.1) is 5.92 Å². The highest BCUT2D eigenvalue weighted by Crippen LogP contribution is 2.20. The first kappa shape index (κ1) is 27.2. The molecule has 0 aliphatic carbocycles. The number of benzene rings is 1. The molecular formula is C27H44O4. The van der Waals surface area contributed by atoms with Crippen molar-refractivity contribution in [2.24, 2.45) is 5.92 Å². The van der Waals surface area contributed by atoms with Gasteiger partial charge in [0.25, 0.3) is 0 Å². The smallest absolute Gasteiger partial charge is 0.339 e. The van der Waals surface area contributed by atoms with Gasteiger partial charge in [-0.1, -0.05) is 104 Å². The average molecular weight is 433 g/mol. The quantitative estimate of drug-likeness (QED) is 0.190. The Balaban J connectivity index is 2.23. The lowest BCUT2D eigenvalue weighted by Gasteiger charge is -2.11. The summed E-state index contributed by atoms with van der Waals surface area (Å²) in [5.74, 6) is -0.758. The van der Waals surface area contributed by atoms with Gasteiger partial charge in [-0.2, -0.15) is 0 Å². The maximum Gasteiger partial charge on any atom is 0.339 e. The van der Waals surface area contributed by atoms with Crippen molar-refractivity contribution in [1.29, 1.82) is 0 Å². The van der Waals surface area contributed by atoms with Gasteiger partial charge in [-0.3, -0.25) is 0 Å². The number of ether oxygens (including phenoxy) is 1.